The summed E-state index contributed by atoms with van der Waals surface area (Å²) in [6.07, 6.45) is -0.0335. The van der Waals surface area contributed by atoms with Crippen molar-refractivity contribution in [2.24, 2.45) is 11.7 Å². The third-order valence-electron chi connectivity index (χ3n) is 3.01. The molecule has 0 bridgehead atoms. The van der Waals surface area contributed by atoms with Gasteiger partial charge in [-0.1, -0.05) is 26.0 Å². The molecule has 0 heterocycles. The van der Waals surface area contributed by atoms with Gasteiger partial charge in [-0.2, -0.15) is 0 Å². The van der Waals surface area contributed by atoms with Crippen LogP contribution in [0.25, 0.3) is 0 Å². The van der Waals surface area contributed by atoms with Gasteiger partial charge in [-0.3, -0.25) is 4.79 Å². The normalized spacial score (nSPS) is 10.9. The average Bonchev–Trinajstić information content (AvgIpc) is 2.37. The first-order valence-electron chi connectivity index (χ1n) is 6.32. The van der Waals surface area contributed by atoms with Gasteiger partial charge in [-0.05, 0) is 23.6 Å². The fraction of sp³-hybridized carbons (Fsp3) is 0.267. The Morgan fingerprint density at radius 3 is 1.78 bits per heavy atom. The van der Waals surface area contributed by atoms with E-state index in [4.69, 9.17) is 5.73 Å². The molecule has 1 amide bonds. The first kappa shape index (κ1) is 24.6. The van der Waals surface area contributed by atoms with E-state index in [0.29, 0.717) is 11.1 Å². The van der Waals surface area contributed by atoms with Gasteiger partial charge in [0.15, 0.2) is 0 Å². The van der Waals surface area contributed by atoms with Gasteiger partial charge in [-0.15, -0.1) is 0 Å². The Labute approximate surface area is 178 Å². The fourth-order valence-electron chi connectivity index (χ4n) is 2.00. The standard InChI is InChI=1S/C15H17NO5.2Na/c1-8(2)12(15(20)21)11(14(18)19)7-9-3-5-10(6-4-9)13(16)17;;/h3-6,8H,7H2,1-2H3,(H2,16,17)(H,18,19)(H,20,21);;/b12-11-;;. The third-order valence-corrected chi connectivity index (χ3v) is 3.01. The molecule has 1 aromatic rings. The van der Waals surface area contributed by atoms with Crippen molar-refractivity contribution >= 4 is 77.0 Å². The molecule has 0 aliphatic heterocycles. The summed E-state index contributed by atoms with van der Waals surface area (Å²) < 4.78 is 0. The Kier molecular flexibility index (Phi) is 11.8. The number of carbonyl (C=O) groups excluding carboxylic acids is 1. The predicted octanol–water partition coefficient (Wildman–Crippen LogP) is 0.688. The molecular formula is C15H17NNa2O5. The van der Waals surface area contributed by atoms with E-state index >= 15 is 0 Å². The molecule has 0 aliphatic carbocycles. The van der Waals surface area contributed by atoms with Gasteiger partial charge < -0.3 is 15.9 Å². The maximum absolute atomic E-state index is 11.3. The van der Waals surface area contributed by atoms with Crippen LogP contribution in [-0.2, 0) is 16.0 Å². The summed E-state index contributed by atoms with van der Waals surface area (Å²) in [5.41, 5.74) is 5.74. The van der Waals surface area contributed by atoms with Crippen molar-refractivity contribution < 1.29 is 24.6 Å². The second-order valence-electron chi connectivity index (χ2n) is 4.90. The van der Waals surface area contributed by atoms with E-state index < -0.39 is 23.8 Å². The molecule has 0 aromatic heterocycles. The number of aliphatic carboxylic acids is 2. The maximum Gasteiger partial charge on any atom is 0.332 e. The van der Waals surface area contributed by atoms with E-state index in [2.05, 4.69) is 0 Å². The molecule has 8 heteroatoms. The van der Waals surface area contributed by atoms with Crippen LogP contribution in [0.5, 0.6) is 0 Å². The molecule has 6 nitrogen and oxygen atoms in total. The Morgan fingerprint density at radius 1 is 1.00 bits per heavy atom. The van der Waals surface area contributed by atoms with Crippen molar-refractivity contribution in [2.45, 2.75) is 20.3 Å². The van der Waals surface area contributed by atoms with Gasteiger partial charge in [0.2, 0.25) is 5.91 Å². The van der Waals surface area contributed by atoms with E-state index in [-0.39, 0.29) is 76.7 Å². The third kappa shape index (κ3) is 7.20. The molecule has 0 atom stereocenters. The number of nitrogens with two attached hydrogens (primary N) is 1. The minimum atomic E-state index is -1.26. The van der Waals surface area contributed by atoms with Crippen LogP contribution in [0.2, 0.25) is 0 Å². The van der Waals surface area contributed by atoms with Crippen LogP contribution in [0, 0.1) is 5.92 Å². The van der Waals surface area contributed by atoms with Crippen LogP contribution < -0.4 is 5.73 Å². The van der Waals surface area contributed by atoms with Crippen molar-refractivity contribution in [1.29, 1.82) is 0 Å². The molecule has 23 heavy (non-hydrogen) atoms. The van der Waals surface area contributed by atoms with E-state index in [0.717, 1.165) is 0 Å². The summed E-state index contributed by atoms with van der Waals surface area (Å²) in [4.78, 5) is 33.5. The minimum Gasteiger partial charge on any atom is -0.478 e. The molecule has 0 saturated carbocycles. The van der Waals surface area contributed by atoms with E-state index in [1.807, 2.05) is 0 Å². The summed E-state index contributed by atoms with van der Waals surface area (Å²) >= 11 is 0. The Morgan fingerprint density at radius 2 is 1.48 bits per heavy atom. The Hall–Kier alpha value is -0.630. The van der Waals surface area contributed by atoms with Crippen LogP contribution in [-0.4, -0.2) is 87.2 Å². The second-order valence-corrected chi connectivity index (χ2v) is 4.90. The van der Waals surface area contributed by atoms with Crippen molar-refractivity contribution in [1.82, 2.24) is 0 Å². The number of carboxylic acid groups (broad SMARTS) is 2. The van der Waals surface area contributed by atoms with Gasteiger partial charge in [-0.25, -0.2) is 9.59 Å². The van der Waals surface area contributed by atoms with E-state index in [1.165, 1.54) is 12.1 Å². The molecule has 0 unspecified atom stereocenters. The molecule has 0 saturated heterocycles. The zero-order valence-corrected chi connectivity index (χ0v) is 17.8. The van der Waals surface area contributed by atoms with Crippen molar-refractivity contribution in [2.75, 3.05) is 0 Å². The van der Waals surface area contributed by atoms with E-state index in [1.54, 1.807) is 26.0 Å². The minimum absolute atomic E-state index is 0. The molecular weight excluding hydrogens is 320 g/mol. The summed E-state index contributed by atoms with van der Waals surface area (Å²) in [7, 11) is 0. The molecule has 0 spiro atoms. The molecule has 0 aliphatic rings. The topological polar surface area (TPSA) is 118 Å². The SMILES string of the molecule is CC(C)/C(C(=O)O)=C(\Cc1ccc(C(N)=O)cc1)C(=O)O.[Na].[Na]. The van der Waals surface area contributed by atoms with Gasteiger partial charge in [0.1, 0.15) is 0 Å². The van der Waals surface area contributed by atoms with Crippen LogP contribution in [0.1, 0.15) is 29.8 Å². The number of carbonyl (C=O) groups is 3. The zero-order chi connectivity index (χ0) is 16.2. The predicted molar refractivity (Wildman–Crippen MR) is 87.3 cm³/mol. The molecule has 1 rings (SSSR count). The van der Waals surface area contributed by atoms with Crippen LogP contribution in [0.4, 0.5) is 0 Å². The van der Waals surface area contributed by atoms with Gasteiger partial charge in [0.05, 0.1) is 11.1 Å². The van der Waals surface area contributed by atoms with Crippen LogP contribution >= 0.6 is 0 Å². The molecule has 2 radical (unpaired) electrons. The fourth-order valence-corrected chi connectivity index (χ4v) is 2.00. The Balaban J connectivity index is 0. The first-order chi connectivity index (χ1) is 9.73. The molecule has 114 valence electrons. The average molecular weight is 337 g/mol. The molecule has 0 fully saturated rings. The number of benzene rings is 1. The number of carboxylic acids is 2. The van der Waals surface area contributed by atoms with Crippen molar-refractivity contribution in [3.8, 4) is 0 Å². The van der Waals surface area contributed by atoms with E-state index in [9.17, 15) is 24.6 Å². The second kappa shape index (κ2) is 11.0. The monoisotopic (exact) mass is 337 g/mol. The quantitative estimate of drug-likeness (QED) is 0.521. The van der Waals surface area contributed by atoms with Gasteiger partial charge >= 0.3 is 11.9 Å². The van der Waals surface area contributed by atoms with Crippen molar-refractivity contribution in [3.63, 3.8) is 0 Å². The number of primary amides is 1. The number of hydrogen-bond donors (Lipinski definition) is 3. The summed E-state index contributed by atoms with van der Waals surface area (Å²) in [5.74, 6) is -3.50. The van der Waals surface area contributed by atoms with Crippen LogP contribution in [0.15, 0.2) is 35.4 Å². The largest absolute Gasteiger partial charge is 0.478 e. The zero-order valence-electron chi connectivity index (χ0n) is 13.8. The van der Waals surface area contributed by atoms with Gasteiger partial charge in [0, 0.05) is 71.1 Å². The van der Waals surface area contributed by atoms with Crippen molar-refractivity contribution in [3.05, 3.63) is 46.5 Å². The van der Waals surface area contributed by atoms with Gasteiger partial charge in [0.25, 0.3) is 0 Å². The summed E-state index contributed by atoms with van der Waals surface area (Å²) in [6.45, 7) is 3.26. The summed E-state index contributed by atoms with van der Waals surface area (Å²) in [5, 5.41) is 18.4. The number of amides is 1. The Bertz CT molecular complexity index is 609. The number of rotatable bonds is 6. The maximum atomic E-state index is 11.3. The number of hydrogen-bond acceptors (Lipinski definition) is 3. The summed E-state index contributed by atoms with van der Waals surface area (Å²) in [6, 6.07) is 6.07. The molecule has 1 aromatic carbocycles. The van der Waals surface area contributed by atoms with Crippen LogP contribution in [0.3, 0.4) is 0 Å². The smallest absolute Gasteiger partial charge is 0.332 e. The first-order valence-corrected chi connectivity index (χ1v) is 6.32. The molecule has 4 N–H and O–H groups in total.